The van der Waals surface area contributed by atoms with Crippen LogP contribution in [0.4, 0.5) is 4.79 Å². The fraction of sp³-hybridized carbons (Fsp3) is 0.769. The van der Waals surface area contributed by atoms with Gasteiger partial charge < -0.3 is 19.7 Å². The maximum atomic E-state index is 12.7. The summed E-state index contributed by atoms with van der Waals surface area (Å²) >= 11 is 1.59. The van der Waals surface area contributed by atoms with Gasteiger partial charge in [-0.1, -0.05) is 6.92 Å². The number of rotatable bonds is 2. The van der Waals surface area contributed by atoms with Gasteiger partial charge in [0.2, 0.25) is 5.91 Å². The maximum absolute atomic E-state index is 12.7. The molecule has 1 N–H and O–H groups in total. The minimum Gasteiger partial charge on any atom is -0.467 e. The van der Waals surface area contributed by atoms with E-state index in [1.807, 2.05) is 0 Å². The SMILES string of the molecule is COC(=O)N[C@H]1CC[C@@H](C)[C@H]2SC[C@@H](C(=O)OC)N2C1=O. The van der Waals surface area contributed by atoms with Crippen molar-refractivity contribution in [1.29, 1.82) is 0 Å². The minimum atomic E-state index is -0.657. The summed E-state index contributed by atoms with van der Waals surface area (Å²) in [6.07, 6.45) is 0.694. The van der Waals surface area contributed by atoms with E-state index in [9.17, 15) is 14.4 Å². The van der Waals surface area contributed by atoms with Gasteiger partial charge in [0.05, 0.1) is 19.6 Å². The highest BCUT2D eigenvalue weighted by Crippen LogP contribution is 2.39. The lowest BCUT2D eigenvalue weighted by molar-refractivity contribution is -0.152. The summed E-state index contributed by atoms with van der Waals surface area (Å²) in [5, 5.41) is 2.51. The van der Waals surface area contributed by atoms with Gasteiger partial charge >= 0.3 is 12.1 Å². The Balaban J connectivity index is 2.22. The smallest absolute Gasteiger partial charge is 0.407 e. The average Bonchev–Trinajstić information content (AvgIpc) is 2.89. The quantitative estimate of drug-likeness (QED) is 0.750. The first-order valence-corrected chi connectivity index (χ1v) is 7.90. The molecule has 0 bridgehead atoms. The van der Waals surface area contributed by atoms with Crippen LogP contribution in [0.25, 0.3) is 0 Å². The van der Waals surface area contributed by atoms with Gasteiger partial charge in [-0.2, -0.15) is 0 Å². The van der Waals surface area contributed by atoms with Crippen LogP contribution in [0, 0.1) is 5.92 Å². The van der Waals surface area contributed by atoms with Gasteiger partial charge in [-0.15, -0.1) is 11.8 Å². The van der Waals surface area contributed by atoms with Gasteiger partial charge in [-0.05, 0) is 18.8 Å². The van der Waals surface area contributed by atoms with Crippen molar-refractivity contribution in [3.8, 4) is 0 Å². The molecule has 2 saturated heterocycles. The second kappa shape index (κ2) is 6.55. The molecule has 2 heterocycles. The number of alkyl carbamates (subject to hydrolysis) is 1. The number of esters is 1. The summed E-state index contributed by atoms with van der Waals surface area (Å²) in [6, 6.07) is -1.24. The third-order valence-electron chi connectivity index (χ3n) is 3.94. The summed E-state index contributed by atoms with van der Waals surface area (Å²) in [7, 11) is 2.57. The number of carbonyl (C=O) groups excluding carboxylic acids is 3. The zero-order chi connectivity index (χ0) is 15.6. The third-order valence-corrected chi connectivity index (χ3v) is 5.48. The van der Waals surface area contributed by atoms with Crippen LogP contribution in [-0.2, 0) is 19.1 Å². The van der Waals surface area contributed by atoms with E-state index in [2.05, 4.69) is 17.0 Å². The minimum absolute atomic E-state index is 0.0500. The molecule has 2 rings (SSSR count). The predicted molar refractivity (Wildman–Crippen MR) is 76.6 cm³/mol. The van der Waals surface area contributed by atoms with Crippen molar-refractivity contribution in [3.63, 3.8) is 0 Å². The van der Waals surface area contributed by atoms with Crippen LogP contribution in [-0.4, -0.2) is 60.3 Å². The second-order valence-electron chi connectivity index (χ2n) is 5.25. The summed E-state index contributed by atoms with van der Waals surface area (Å²) < 4.78 is 9.34. The van der Waals surface area contributed by atoms with Gasteiger partial charge in [0.15, 0.2) is 0 Å². The Labute approximate surface area is 127 Å². The van der Waals surface area contributed by atoms with Crippen molar-refractivity contribution < 1.29 is 23.9 Å². The molecule has 2 amide bonds. The lowest BCUT2D eigenvalue weighted by Gasteiger charge is -2.30. The summed E-state index contributed by atoms with van der Waals surface area (Å²) in [5.74, 6) is 0.121. The van der Waals surface area contributed by atoms with E-state index in [1.165, 1.54) is 14.2 Å². The Morgan fingerprint density at radius 3 is 2.62 bits per heavy atom. The Morgan fingerprint density at radius 2 is 2.00 bits per heavy atom. The predicted octanol–water partition coefficient (Wildman–Crippen LogP) is 0.584. The molecule has 0 spiro atoms. The van der Waals surface area contributed by atoms with E-state index in [1.54, 1.807) is 16.7 Å². The molecule has 4 atom stereocenters. The molecular weight excluding hydrogens is 296 g/mol. The Morgan fingerprint density at radius 1 is 1.29 bits per heavy atom. The molecule has 118 valence electrons. The average molecular weight is 316 g/mol. The Hall–Kier alpha value is -1.44. The molecule has 0 aromatic rings. The van der Waals surface area contributed by atoms with E-state index >= 15 is 0 Å². The molecule has 7 nitrogen and oxygen atoms in total. The molecule has 0 aromatic heterocycles. The fourth-order valence-electron chi connectivity index (χ4n) is 2.77. The molecule has 8 heteroatoms. The number of methoxy groups -OCH3 is 2. The molecule has 2 aliphatic heterocycles. The summed E-state index contributed by atoms with van der Waals surface area (Å²) in [6.45, 7) is 2.05. The Kier molecular flexibility index (Phi) is 4.97. The number of hydrogen-bond acceptors (Lipinski definition) is 6. The molecule has 0 radical (unpaired) electrons. The fourth-order valence-corrected chi connectivity index (χ4v) is 4.33. The molecule has 2 aliphatic rings. The summed E-state index contributed by atoms with van der Waals surface area (Å²) in [5.41, 5.74) is 0. The first kappa shape index (κ1) is 15.9. The van der Waals surface area contributed by atoms with Crippen molar-refractivity contribution in [3.05, 3.63) is 0 Å². The molecule has 21 heavy (non-hydrogen) atoms. The van der Waals surface area contributed by atoms with E-state index in [0.29, 0.717) is 12.2 Å². The standard InChI is InChI=1S/C13H20N2O5S/c1-7-4-5-8(14-13(18)20-3)10(16)15-9(12(17)19-2)6-21-11(7)15/h7-9,11H,4-6H2,1-3H3,(H,14,18)/t7-,8+,9+,11-/m1/s1. The van der Waals surface area contributed by atoms with Crippen LogP contribution in [0.3, 0.4) is 0 Å². The zero-order valence-corrected chi connectivity index (χ0v) is 13.1. The lowest BCUT2D eigenvalue weighted by Crippen LogP contribution is -2.53. The highest BCUT2D eigenvalue weighted by Gasteiger charge is 2.48. The van der Waals surface area contributed by atoms with Crippen molar-refractivity contribution in [2.75, 3.05) is 20.0 Å². The van der Waals surface area contributed by atoms with Crippen LogP contribution >= 0.6 is 11.8 Å². The first-order valence-electron chi connectivity index (χ1n) is 6.85. The summed E-state index contributed by atoms with van der Waals surface area (Å²) in [4.78, 5) is 37.5. The maximum Gasteiger partial charge on any atom is 0.407 e. The van der Waals surface area contributed by atoms with Crippen LogP contribution in [0.15, 0.2) is 0 Å². The molecular formula is C13H20N2O5S. The first-order chi connectivity index (χ1) is 9.99. The van der Waals surface area contributed by atoms with Crippen molar-refractivity contribution in [1.82, 2.24) is 10.2 Å². The van der Waals surface area contributed by atoms with Crippen LogP contribution in [0.1, 0.15) is 19.8 Å². The number of amides is 2. The second-order valence-corrected chi connectivity index (χ2v) is 6.40. The van der Waals surface area contributed by atoms with Gasteiger partial charge in [-0.3, -0.25) is 4.79 Å². The van der Waals surface area contributed by atoms with Gasteiger partial charge in [-0.25, -0.2) is 9.59 Å². The monoisotopic (exact) mass is 316 g/mol. The van der Waals surface area contributed by atoms with E-state index < -0.39 is 24.1 Å². The van der Waals surface area contributed by atoms with Crippen molar-refractivity contribution >= 4 is 29.7 Å². The molecule has 0 aromatic carbocycles. The molecule has 0 unspecified atom stereocenters. The van der Waals surface area contributed by atoms with Crippen LogP contribution in [0.5, 0.6) is 0 Å². The number of fused-ring (bicyclic) bond motifs is 1. The number of nitrogens with one attached hydrogen (secondary N) is 1. The lowest BCUT2D eigenvalue weighted by atomic mass is 10.0. The van der Waals surface area contributed by atoms with E-state index in [-0.39, 0.29) is 17.2 Å². The van der Waals surface area contributed by atoms with E-state index in [4.69, 9.17) is 4.74 Å². The molecule has 2 fully saturated rings. The topological polar surface area (TPSA) is 84.9 Å². The number of thioether (sulfide) groups is 1. The molecule has 0 aliphatic carbocycles. The number of hydrogen-bond donors (Lipinski definition) is 1. The molecule has 0 saturated carbocycles. The highest BCUT2D eigenvalue weighted by atomic mass is 32.2. The van der Waals surface area contributed by atoms with Crippen molar-refractivity contribution in [2.24, 2.45) is 5.92 Å². The normalized spacial score (nSPS) is 32.1. The van der Waals surface area contributed by atoms with E-state index in [0.717, 1.165) is 6.42 Å². The Bertz CT molecular complexity index is 444. The van der Waals surface area contributed by atoms with Gasteiger partial charge in [0.1, 0.15) is 12.1 Å². The zero-order valence-electron chi connectivity index (χ0n) is 12.3. The van der Waals surface area contributed by atoms with Crippen LogP contribution < -0.4 is 5.32 Å². The van der Waals surface area contributed by atoms with Crippen LogP contribution in [0.2, 0.25) is 0 Å². The number of nitrogens with zero attached hydrogens (tertiary/aromatic N) is 1. The highest BCUT2D eigenvalue weighted by molar-refractivity contribution is 8.00. The number of ether oxygens (including phenoxy) is 2. The van der Waals surface area contributed by atoms with Crippen molar-refractivity contribution in [2.45, 2.75) is 37.2 Å². The van der Waals surface area contributed by atoms with Gasteiger partial charge in [0, 0.05) is 5.75 Å². The number of carbonyl (C=O) groups is 3. The largest absolute Gasteiger partial charge is 0.467 e. The third kappa shape index (κ3) is 3.09. The van der Waals surface area contributed by atoms with Gasteiger partial charge in [0.25, 0.3) is 0 Å².